The molecule has 94 valence electrons. The fourth-order valence-corrected chi connectivity index (χ4v) is 1.94. The van der Waals surface area contributed by atoms with Gasteiger partial charge in [-0.2, -0.15) is 0 Å². The molecule has 18 heavy (non-hydrogen) atoms. The monoisotopic (exact) mass is 244 g/mol. The Bertz CT molecular complexity index is 544. The van der Waals surface area contributed by atoms with Crippen molar-refractivity contribution in [1.82, 2.24) is 0 Å². The Morgan fingerprint density at radius 1 is 0.889 bits per heavy atom. The van der Waals surface area contributed by atoms with Crippen LogP contribution in [0.25, 0.3) is 11.1 Å². The van der Waals surface area contributed by atoms with E-state index in [1.54, 1.807) is 20.3 Å². The van der Waals surface area contributed by atoms with Crippen molar-refractivity contribution in [2.75, 3.05) is 14.2 Å². The zero-order valence-electron chi connectivity index (χ0n) is 10.7. The summed E-state index contributed by atoms with van der Waals surface area (Å²) in [7, 11) is 3.25. The molecule has 0 heterocycles. The first kappa shape index (κ1) is 12.3. The van der Waals surface area contributed by atoms with Gasteiger partial charge in [0.05, 0.1) is 14.2 Å². The fraction of sp³-hybridized carbons (Fsp3) is 0.200. The first-order valence-corrected chi connectivity index (χ1v) is 5.68. The molecular formula is C15H16O3. The van der Waals surface area contributed by atoms with Gasteiger partial charge in [-0.1, -0.05) is 12.1 Å². The number of methoxy groups -OCH3 is 2. The minimum Gasteiger partial charge on any atom is -0.508 e. The first-order chi connectivity index (χ1) is 8.67. The second-order valence-electron chi connectivity index (χ2n) is 4.02. The summed E-state index contributed by atoms with van der Waals surface area (Å²) in [5.41, 5.74) is 2.72. The normalized spacial score (nSPS) is 10.2. The zero-order valence-corrected chi connectivity index (χ0v) is 10.7. The maximum atomic E-state index is 9.68. The number of rotatable bonds is 3. The SMILES string of the molecule is COc1ccc(-c2ccc(O)c(C)c2OC)cc1. The summed E-state index contributed by atoms with van der Waals surface area (Å²) in [6, 6.07) is 11.3. The second kappa shape index (κ2) is 5.00. The summed E-state index contributed by atoms with van der Waals surface area (Å²) in [5, 5.41) is 9.68. The van der Waals surface area contributed by atoms with Crippen LogP contribution in [0.5, 0.6) is 17.2 Å². The molecule has 0 amide bonds. The quantitative estimate of drug-likeness (QED) is 0.899. The third-order valence-electron chi connectivity index (χ3n) is 2.98. The van der Waals surface area contributed by atoms with Crippen LogP contribution in [-0.4, -0.2) is 19.3 Å². The number of phenols is 1. The fourth-order valence-electron chi connectivity index (χ4n) is 1.94. The average molecular weight is 244 g/mol. The molecule has 0 saturated carbocycles. The summed E-state index contributed by atoms with van der Waals surface area (Å²) in [4.78, 5) is 0. The van der Waals surface area contributed by atoms with Crippen molar-refractivity contribution < 1.29 is 14.6 Å². The van der Waals surface area contributed by atoms with Gasteiger partial charge >= 0.3 is 0 Å². The Kier molecular flexibility index (Phi) is 3.42. The molecule has 0 fully saturated rings. The Labute approximate surface area is 107 Å². The number of aromatic hydroxyl groups is 1. The minimum absolute atomic E-state index is 0.240. The van der Waals surface area contributed by atoms with E-state index in [1.165, 1.54) is 0 Å². The van der Waals surface area contributed by atoms with E-state index < -0.39 is 0 Å². The molecule has 2 aromatic carbocycles. The maximum absolute atomic E-state index is 9.68. The lowest BCUT2D eigenvalue weighted by molar-refractivity contribution is 0.404. The molecule has 2 rings (SSSR count). The van der Waals surface area contributed by atoms with Crippen molar-refractivity contribution in [3.05, 3.63) is 42.0 Å². The van der Waals surface area contributed by atoms with E-state index in [-0.39, 0.29) is 5.75 Å². The van der Waals surface area contributed by atoms with Gasteiger partial charge < -0.3 is 14.6 Å². The van der Waals surface area contributed by atoms with Crippen LogP contribution in [0.4, 0.5) is 0 Å². The molecule has 1 N–H and O–H groups in total. The van der Waals surface area contributed by atoms with E-state index in [4.69, 9.17) is 9.47 Å². The molecule has 0 aliphatic heterocycles. The highest BCUT2D eigenvalue weighted by Crippen LogP contribution is 2.37. The Balaban J connectivity index is 2.52. The molecule has 0 aliphatic rings. The van der Waals surface area contributed by atoms with E-state index in [1.807, 2.05) is 37.3 Å². The summed E-state index contributed by atoms with van der Waals surface area (Å²) in [6.07, 6.45) is 0. The number of benzene rings is 2. The van der Waals surface area contributed by atoms with Crippen molar-refractivity contribution in [1.29, 1.82) is 0 Å². The predicted molar refractivity (Wildman–Crippen MR) is 71.4 cm³/mol. The molecule has 2 aromatic rings. The number of hydrogen-bond acceptors (Lipinski definition) is 3. The van der Waals surface area contributed by atoms with Crippen LogP contribution in [0.1, 0.15) is 5.56 Å². The summed E-state index contributed by atoms with van der Waals surface area (Å²) >= 11 is 0. The first-order valence-electron chi connectivity index (χ1n) is 5.68. The molecule has 0 bridgehead atoms. The smallest absolute Gasteiger partial charge is 0.133 e. The van der Waals surface area contributed by atoms with E-state index in [0.29, 0.717) is 5.75 Å². The van der Waals surface area contributed by atoms with E-state index in [2.05, 4.69) is 0 Å². The average Bonchev–Trinajstić information content (AvgIpc) is 2.42. The Hall–Kier alpha value is -2.16. The minimum atomic E-state index is 0.240. The van der Waals surface area contributed by atoms with Gasteiger partial charge in [-0.3, -0.25) is 0 Å². The van der Waals surface area contributed by atoms with Crippen LogP contribution in [0.2, 0.25) is 0 Å². The lowest BCUT2D eigenvalue weighted by Crippen LogP contribution is -1.92. The highest BCUT2D eigenvalue weighted by Gasteiger charge is 2.11. The van der Waals surface area contributed by atoms with Crippen LogP contribution in [0, 0.1) is 6.92 Å². The largest absolute Gasteiger partial charge is 0.508 e. The summed E-state index contributed by atoms with van der Waals surface area (Å²) < 4.78 is 10.5. The van der Waals surface area contributed by atoms with Gasteiger partial charge in [0, 0.05) is 11.1 Å². The van der Waals surface area contributed by atoms with Gasteiger partial charge in [0.15, 0.2) is 0 Å². The summed E-state index contributed by atoms with van der Waals surface area (Å²) in [5.74, 6) is 1.75. The van der Waals surface area contributed by atoms with Crippen molar-refractivity contribution >= 4 is 0 Å². The summed E-state index contributed by atoms with van der Waals surface area (Å²) in [6.45, 7) is 1.83. The van der Waals surface area contributed by atoms with Crippen LogP contribution < -0.4 is 9.47 Å². The van der Waals surface area contributed by atoms with E-state index in [9.17, 15) is 5.11 Å². The molecule has 0 aromatic heterocycles. The highest BCUT2D eigenvalue weighted by atomic mass is 16.5. The number of phenolic OH excluding ortho intramolecular Hbond substituents is 1. The van der Waals surface area contributed by atoms with Crippen molar-refractivity contribution in [3.8, 4) is 28.4 Å². The molecule has 0 radical (unpaired) electrons. The topological polar surface area (TPSA) is 38.7 Å². The van der Waals surface area contributed by atoms with Gasteiger partial charge in [0.2, 0.25) is 0 Å². The van der Waals surface area contributed by atoms with Gasteiger partial charge in [-0.15, -0.1) is 0 Å². The Morgan fingerprint density at radius 2 is 1.56 bits per heavy atom. The van der Waals surface area contributed by atoms with Gasteiger partial charge in [-0.05, 0) is 36.8 Å². The van der Waals surface area contributed by atoms with Crippen molar-refractivity contribution in [2.24, 2.45) is 0 Å². The third kappa shape index (κ3) is 2.12. The van der Waals surface area contributed by atoms with Crippen LogP contribution >= 0.6 is 0 Å². The molecule has 0 aliphatic carbocycles. The lowest BCUT2D eigenvalue weighted by Gasteiger charge is -2.13. The number of ether oxygens (including phenoxy) is 2. The van der Waals surface area contributed by atoms with Gasteiger partial charge in [0.1, 0.15) is 17.2 Å². The second-order valence-corrected chi connectivity index (χ2v) is 4.02. The molecule has 0 saturated heterocycles. The van der Waals surface area contributed by atoms with Crippen molar-refractivity contribution in [2.45, 2.75) is 6.92 Å². The molecule has 3 heteroatoms. The van der Waals surface area contributed by atoms with Gasteiger partial charge in [-0.25, -0.2) is 0 Å². The molecule has 0 atom stereocenters. The molecule has 0 unspecified atom stereocenters. The Morgan fingerprint density at radius 3 is 2.11 bits per heavy atom. The van der Waals surface area contributed by atoms with Crippen LogP contribution in [0.15, 0.2) is 36.4 Å². The molecular weight excluding hydrogens is 228 g/mol. The predicted octanol–water partition coefficient (Wildman–Crippen LogP) is 3.38. The van der Waals surface area contributed by atoms with E-state index in [0.717, 1.165) is 22.4 Å². The standard InChI is InChI=1S/C15H16O3/c1-10-14(16)9-8-13(15(10)18-3)11-4-6-12(17-2)7-5-11/h4-9,16H,1-3H3. The van der Waals surface area contributed by atoms with Crippen LogP contribution in [-0.2, 0) is 0 Å². The third-order valence-corrected chi connectivity index (χ3v) is 2.98. The van der Waals surface area contributed by atoms with Crippen molar-refractivity contribution in [3.63, 3.8) is 0 Å². The van der Waals surface area contributed by atoms with Gasteiger partial charge in [0.25, 0.3) is 0 Å². The lowest BCUT2D eigenvalue weighted by atomic mass is 10.0. The zero-order chi connectivity index (χ0) is 13.1. The molecule has 3 nitrogen and oxygen atoms in total. The van der Waals surface area contributed by atoms with E-state index >= 15 is 0 Å². The van der Waals surface area contributed by atoms with Crippen LogP contribution in [0.3, 0.4) is 0 Å². The maximum Gasteiger partial charge on any atom is 0.133 e. The highest BCUT2D eigenvalue weighted by molar-refractivity contribution is 5.74. The molecule has 0 spiro atoms. The number of hydrogen-bond donors (Lipinski definition) is 1.